The van der Waals surface area contributed by atoms with E-state index in [0.29, 0.717) is 19.6 Å². The molecule has 1 heterocycles. The van der Waals surface area contributed by atoms with Crippen molar-refractivity contribution < 1.29 is 19.4 Å². The van der Waals surface area contributed by atoms with Gasteiger partial charge in [0.2, 0.25) is 5.91 Å². The maximum atomic E-state index is 11.6. The van der Waals surface area contributed by atoms with Crippen LogP contribution in [-0.2, 0) is 14.3 Å². The second kappa shape index (κ2) is 7.24. The second-order valence-corrected chi connectivity index (χ2v) is 4.15. The molecule has 0 aromatic rings. The first-order valence-electron chi connectivity index (χ1n) is 5.98. The van der Waals surface area contributed by atoms with Gasteiger partial charge in [0.15, 0.2) is 0 Å². The number of rotatable bonds is 6. The van der Waals surface area contributed by atoms with Crippen molar-refractivity contribution in [3.8, 4) is 0 Å². The van der Waals surface area contributed by atoms with Crippen molar-refractivity contribution in [3.05, 3.63) is 0 Å². The highest BCUT2D eigenvalue weighted by atomic mass is 16.5. The Balaban J connectivity index is 2.33. The monoisotopic (exact) mass is 244 g/mol. The molecule has 1 rings (SSSR count). The van der Waals surface area contributed by atoms with Crippen LogP contribution >= 0.6 is 0 Å². The fourth-order valence-corrected chi connectivity index (χ4v) is 1.76. The maximum absolute atomic E-state index is 11.6. The minimum Gasteiger partial charge on any atom is -0.480 e. The predicted molar refractivity (Wildman–Crippen MR) is 61.7 cm³/mol. The normalized spacial score (nSPS) is 21.8. The molecule has 1 aliphatic rings. The molecule has 1 amide bonds. The molecule has 0 aromatic heterocycles. The van der Waals surface area contributed by atoms with Gasteiger partial charge in [0.1, 0.15) is 6.04 Å². The molecule has 1 fully saturated rings. The number of ether oxygens (including phenoxy) is 1. The number of hydrogen-bond acceptors (Lipinski definition) is 4. The van der Waals surface area contributed by atoms with E-state index in [1.807, 2.05) is 6.92 Å². The van der Waals surface area contributed by atoms with Gasteiger partial charge in [-0.2, -0.15) is 0 Å². The summed E-state index contributed by atoms with van der Waals surface area (Å²) in [6.45, 7) is 3.91. The van der Waals surface area contributed by atoms with Crippen molar-refractivity contribution in [1.82, 2.24) is 10.6 Å². The third-order valence-electron chi connectivity index (χ3n) is 2.63. The van der Waals surface area contributed by atoms with E-state index in [-0.39, 0.29) is 18.4 Å². The van der Waals surface area contributed by atoms with E-state index in [1.165, 1.54) is 0 Å². The molecule has 1 unspecified atom stereocenters. The molecule has 6 heteroatoms. The van der Waals surface area contributed by atoms with Crippen LogP contribution in [0, 0.1) is 0 Å². The summed E-state index contributed by atoms with van der Waals surface area (Å²) in [4.78, 5) is 22.5. The Morgan fingerprint density at radius 3 is 2.88 bits per heavy atom. The van der Waals surface area contributed by atoms with Gasteiger partial charge >= 0.3 is 5.97 Å². The van der Waals surface area contributed by atoms with Gasteiger partial charge in [-0.25, -0.2) is 4.79 Å². The molecule has 0 aliphatic carbocycles. The fourth-order valence-electron chi connectivity index (χ4n) is 1.76. The highest BCUT2D eigenvalue weighted by Crippen LogP contribution is 2.03. The van der Waals surface area contributed by atoms with E-state index in [2.05, 4.69) is 10.6 Å². The quantitative estimate of drug-likeness (QED) is 0.599. The van der Waals surface area contributed by atoms with Crippen LogP contribution in [-0.4, -0.2) is 48.8 Å². The summed E-state index contributed by atoms with van der Waals surface area (Å²) in [7, 11) is 0. The first kappa shape index (κ1) is 13.9. The molecule has 3 N–H and O–H groups in total. The Kier molecular flexibility index (Phi) is 5.93. The first-order chi connectivity index (χ1) is 8.13. The van der Waals surface area contributed by atoms with Crippen LogP contribution in [0.4, 0.5) is 0 Å². The van der Waals surface area contributed by atoms with Gasteiger partial charge in [0.25, 0.3) is 0 Å². The molecule has 98 valence electrons. The van der Waals surface area contributed by atoms with E-state index in [0.717, 1.165) is 13.0 Å². The number of carboxylic acid groups (broad SMARTS) is 1. The summed E-state index contributed by atoms with van der Waals surface area (Å²) in [6, 6.07) is -0.788. The molecule has 0 aromatic carbocycles. The van der Waals surface area contributed by atoms with Crippen molar-refractivity contribution in [2.75, 3.05) is 19.7 Å². The van der Waals surface area contributed by atoms with Crippen LogP contribution in [0.5, 0.6) is 0 Å². The lowest BCUT2D eigenvalue weighted by molar-refractivity contribution is -0.142. The number of carbonyl (C=O) groups excluding carboxylic acids is 1. The van der Waals surface area contributed by atoms with Crippen LogP contribution in [0.15, 0.2) is 0 Å². The van der Waals surface area contributed by atoms with Gasteiger partial charge in [-0.15, -0.1) is 0 Å². The number of amides is 1. The minimum absolute atomic E-state index is 0.153. The number of nitrogens with one attached hydrogen (secondary N) is 2. The molecule has 1 aliphatic heterocycles. The molecule has 6 nitrogen and oxygen atoms in total. The zero-order chi connectivity index (χ0) is 12.7. The highest BCUT2D eigenvalue weighted by Gasteiger charge is 2.22. The first-order valence-corrected chi connectivity index (χ1v) is 5.98. The molecule has 2 atom stereocenters. The van der Waals surface area contributed by atoms with E-state index < -0.39 is 12.0 Å². The average Bonchev–Trinajstić information content (AvgIpc) is 2.29. The summed E-state index contributed by atoms with van der Waals surface area (Å²) in [5.41, 5.74) is 0. The van der Waals surface area contributed by atoms with Gasteiger partial charge in [-0.3, -0.25) is 4.79 Å². The second-order valence-electron chi connectivity index (χ2n) is 4.15. The van der Waals surface area contributed by atoms with E-state index in [1.54, 1.807) is 0 Å². The van der Waals surface area contributed by atoms with Gasteiger partial charge < -0.3 is 20.5 Å². The molecular weight excluding hydrogens is 224 g/mol. The van der Waals surface area contributed by atoms with Crippen LogP contribution in [0.2, 0.25) is 0 Å². The maximum Gasteiger partial charge on any atom is 0.326 e. The Hall–Kier alpha value is -1.14. The van der Waals surface area contributed by atoms with E-state index >= 15 is 0 Å². The Bertz CT molecular complexity index is 264. The number of morpholine rings is 1. The van der Waals surface area contributed by atoms with E-state index in [9.17, 15) is 9.59 Å². The topological polar surface area (TPSA) is 87.7 Å². The van der Waals surface area contributed by atoms with Gasteiger partial charge in [0.05, 0.1) is 19.1 Å². The largest absolute Gasteiger partial charge is 0.480 e. The lowest BCUT2D eigenvalue weighted by atomic mass is 10.1. The van der Waals surface area contributed by atoms with Crippen molar-refractivity contribution >= 4 is 11.9 Å². The number of aliphatic carboxylic acids is 1. The summed E-state index contributed by atoms with van der Waals surface area (Å²) >= 11 is 0. The van der Waals surface area contributed by atoms with Crippen molar-refractivity contribution in [1.29, 1.82) is 0 Å². The number of carboxylic acids is 1. The fraction of sp³-hybridized carbons (Fsp3) is 0.818. The minimum atomic E-state index is -0.983. The van der Waals surface area contributed by atoms with Gasteiger partial charge in [-0.1, -0.05) is 13.3 Å². The molecule has 17 heavy (non-hydrogen) atoms. The number of hydrogen-bond donors (Lipinski definition) is 3. The predicted octanol–water partition coefficient (Wildman–Crippen LogP) is -0.266. The van der Waals surface area contributed by atoms with Crippen molar-refractivity contribution in [2.24, 2.45) is 0 Å². The number of carbonyl (C=O) groups is 2. The van der Waals surface area contributed by atoms with Gasteiger partial charge in [-0.05, 0) is 6.42 Å². The molecular formula is C11H20N2O4. The smallest absolute Gasteiger partial charge is 0.326 e. The third-order valence-corrected chi connectivity index (χ3v) is 2.63. The SMILES string of the molecule is CCC[C@H](NC(=O)CC1CNCCO1)C(=O)O. The van der Waals surface area contributed by atoms with E-state index in [4.69, 9.17) is 9.84 Å². The Morgan fingerprint density at radius 2 is 2.35 bits per heavy atom. The summed E-state index contributed by atoms with van der Waals surface area (Å²) in [5.74, 6) is -1.25. The Labute approximate surface area is 101 Å². The molecule has 1 saturated heterocycles. The standard InChI is InChI=1S/C11H20N2O4/c1-2-3-9(11(15)16)13-10(14)6-8-7-12-4-5-17-8/h8-9,12H,2-7H2,1H3,(H,13,14)(H,15,16)/t8?,9-/m0/s1. The molecule has 0 radical (unpaired) electrons. The summed E-state index contributed by atoms with van der Waals surface area (Å²) in [5, 5.41) is 14.5. The third kappa shape index (κ3) is 5.14. The molecule has 0 saturated carbocycles. The van der Waals surface area contributed by atoms with Crippen LogP contribution in [0.25, 0.3) is 0 Å². The van der Waals surface area contributed by atoms with Crippen molar-refractivity contribution in [2.45, 2.75) is 38.3 Å². The van der Waals surface area contributed by atoms with Crippen LogP contribution in [0.3, 0.4) is 0 Å². The molecule has 0 bridgehead atoms. The van der Waals surface area contributed by atoms with Crippen LogP contribution in [0.1, 0.15) is 26.2 Å². The Morgan fingerprint density at radius 1 is 1.59 bits per heavy atom. The zero-order valence-electron chi connectivity index (χ0n) is 10.1. The summed E-state index contributed by atoms with van der Waals surface area (Å²) < 4.78 is 5.38. The van der Waals surface area contributed by atoms with Crippen molar-refractivity contribution in [3.63, 3.8) is 0 Å². The van der Waals surface area contributed by atoms with Crippen LogP contribution < -0.4 is 10.6 Å². The average molecular weight is 244 g/mol. The lowest BCUT2D eigenvalue weighted by Crippen LogP contribution is -2.45. The highest BCUT2D eigenvalue weighted by molar-refractivity contribution is 5.83. The van der Waals surface area contributed by atoms with Gasteiger partial charge in [0, 0.05) is 13.1 Å². The molecule has 0 spiro atoms. The zero-order valence-corrected chi connectivity index (χ0v) is 10.1. The summed E-state index contributed by atoms with van der Waals surface area (Å²) in [6.07, 6.45) is 1.23. The lowest BCUT2D eigenvalue weighted by Gasteiger charge is -2.23.